The summed E-state index contributed by atoms with van der Waals surface area (Å²) in [4.78, 5) is 17.8. The smallest absolute Gasteiger partial charge is 0.237 e. The first kappa shape index (κ1) is 16.0. The highest BCUT2D eigenvalue weighted by Gasteiger charge is 2.26. The lowest BCUT2D eigenvalue weighted by molar-refractivity contribution is -0.122. The molecule has 0 saturated heterocycles. The molecule has 1 amide bonds. The molecule has 2 aromatic rings. The predicted octanol–water partition coefficient (Wildman–Crippen LogP) is 2.66. The Morgan fingerprint density at radius 2 is 2.17 bits per heavy atom. The van der Waals surface area contributed by atoms with E-state index in [1.807, 2.05) is 24.3 Å². The monoisotopic (exact) mass is 331 g/mol. The SMILES string of the molecule is COc1ccc(-c2nc3c(s2)C(NC(=O)[C@@H](C)N)CCC3)cc1. The molecular weight excluding hydrogens is 310 g/mol. The number of nitrogens with zero attached hydrogens (tertiary/aromatic N) is 1. The largest absolute Gasteiger partial charge is 0.497 e. The van der Waals surface area contributed by atoms with Crippen molar-refractivity contribution in [1.82, 2.24) is 10.3 Å². The van der Waals surface area contributed by atoms with Crippen LogP contribution in [0.2, 0.25) is 0 Å². The van der Waals surface area contributed by atoms with Gasteiger partial charge in [0.1, 0.15) is 10.8 Å². The Morgan fingerprint density at radius 3 is 2.83 bits per heavy atom. The molecule has 1 unspecified atom stereocenters. The molecule has 0 aliphatic heterocycles. The average Bonchev–Trinajstić information content (AvgIpc) is 3.00. The number of hydrogen-bond donors (Lipinski definition) is 2. The van der Waals surface area contributed by atoms with E-state index in [9.17, 15) is 4.79 Å². The summed E-state index contributed by atoms with van der Waals surface area (Å²) in [5, 5.41) is 4.03. The lowest BCUT2D eigenvalue weighted by Crippen LogP contribution is -2.40. The van der Waals surface area contributed by atoms with E-state index in [4.69, 9.17) is 15.5 Å². The van der Waals surface area contributed by atoms with E-state index >= 15 is 0 Å². The van der Waals surface area contributed by atoms with Crippen LogP contribution in [0.4, 0.5) is 0 Å². The molecule has 1 aliphatic rings. The van der Waals surface area contributed by atoms with Crippen molar-refractivity contribution < 1.29 is 9.53 Å². The van der Waals surface area contributed by atoms with Gasteiger partial charge in [-0.2, -0.15) is 0 Å². The number of aryl methyl sites for hydroxylation is 1. The molecule has 1 heterocycles. The average molecular weight is 331 g/mol. The number of carbonyl (C=O) groups is 1. The van der Waals surface area contributed by atoms with Gasteiger partial charge in [0.05, 0.1) is 29.8 Å². The number of hydrogen-bond acceptors (Lipinski definition) is 5. The van der Waals surface area contributed by atoms with E-state index in [1.54, 1.807) is 25.4 Å². The minimum atomic E-state index is -0.491. The Bertz CT molecular complexity index is 694. The number of amides is 1. The van der Waals surface area contributed by atoms with E-state index in [-0.39, 0.29) is 11.9 Å². The Morgan fingerprint density at radius 1 is 1.43 bits per heavy atom. The number of methoxy groups -OCH3 is 1. The van der Waals surface area contributed by atoms with Crippen LogP contribution in [-0.2, 0) is 11.2 Å². The van der Waals surface area contributed by atoms with Crippen LogP contribution in [-0.4, -0.2) is 24.0 Å². The number of nitrogens with one attached hydrogen (secondary N) is 1. The highest BCUT2D eigenvalue weighted by Crippen LogP contribution is 2.38. The van der Waals surface area contributed by atoms with Crippen LogP contribution in [0.15, 0.2) is 24.3 Å². The van der Waals surface area contributed by atoms with Crippen molar-refractivity contribution >= 4 is 17.2 Å². The summed E-state index contributed by atoms with van der Waals surface area (Å²) in [5.41, 5.74) is 7.83. The number of rotatable bonds is 4. The molecule has 0 bridgehead atoms. The van der Waals surface area contributed by atoms with Gasteiger partial charge in [-0.25, -0.2) is 4.98 Å². The van der Waals surface area contributed by atoms with Crippen molar-refractivity contribution in [3.63, 3.8) is 0 Å². The third-order valence-electron chi connectivity index (χ3n) is 4.02. The van der Waals surface area contributed by atoms with Gasteiger partial charge >= 0.3 is 0 Å². The molecule has 0 spiro atoms. The first-order chi connectivity index (χ1) is 11.1. The maximum atomic E-state index is 11.9. The first-order valence-electron chi connectivity index (χ1n) is 7.78. The second-order valence-corrected chi connectivity index (χ2v) is 6.83. The third kappa shape index (κ3) is 3.38. The molecule has 3 rings (SSSR count). The van der Waals surface area contributed by atoms with Gasteiger partial charge in [0.15, 0.2) is 0 Å². The molecule has 122 valence electrons. The first-order valence-corrected chi connectivity index (χ1v) is 8.60. The van der Waals surface area contributed by atoms with Gasteiger partial charge < -0.3 is 15.8 Å². The molecule has 5 nitrogen and oxygen atoms in total. The third-order valence-corrected chi connectivity index (χ3v) is 5.28. The highest BCUT2D eigenvalue weighted by atomic mass is 32.1. The summed E-state index contributed by atoms with van der Waals surface area (Å²) in [6, 6.07) is 7.43. The molecule has 1 aromatic heterocycles. The second-order valence-electron chi connectivity index (χ2n) is 5.80. The molecule has 1 aromatic carbocycles. The topological polar surface area (TPSA) is 77.2 Å². The lowest BCUT2D eigenvalue weighted by Gasteiger charge is -2.23. The Hall–Kier alpha value is -1.92. The summed E-state index contributed by atoms with van der Waals surface area (Å²) in [5.74, 6) is 0.722. The van der Waals surface area contributed by atoms with Crippen LogP contribution in [0.3, 0.4) is 0 Å². The van der Waals surface area contributed by atoms with Crippen molar-refractivity contribution in [2.45, 2.75) is 38.3 Å². The number of ether oxygens (including phenoxy) is 1. The predicted molar refractivity (Wildman–Crippen MR) is 91.6 cm³/mol. The van der Waals surface area contributed by atoms with Crippen LogP contribution in [0.5, 0.6) is 5.75 Å². The van der Waals surface area contributed by atoms with Gasteiger partial charge in [-0.1, -0.05) is 0 Å². The van der Waals surface area contributed by atoms with E-state index in [0.717, 1.165) is 46.2 Å². The lowest BCUT2D eigenvalue weighted by atomic mass is 9.98. The molecule has 6 heteroatoms. The second kappa shape index (κ2) is 6.68. The maximum absolute atomic E-state index is 11.9. The van der Waals surface area contributed by atoms with Crippen LogP contribution in [0.25, 0.3) is 10.6 Å². The fourth-order valence-electron chi connectivity index (χ4n) is 2.72. The number of fused-ring (bicyclic) bond motifs is 1. The van der Waals surface area contributed by atoms with Gasteiger partial charge in [-0.3, -0.25) is 4.79 Å². The molecule has 1 aliphatic carbocycles. The quantitative estimate of drug-likeness (QED) is 0.903. The van der Waals surface area contributed by atoms with Crippen LogP contribution in [0.1, 0.15) is 36.4 Å². The van der Waals surface area contributed by atoms with Crippen LogP contribution in [0, 0.1) is 0 Å². The van der Waals surface area contributed by atoms with E-state index in [1.165, 1.54) is 0 Å². The Balaban J connectivity index is 1.86. The van der Waals surface area contributed by atoms with Gasteiger partial charge in [-0.15, -0.1) is 11.3 Å². The number of aromatic nitrogens is 1. The maximum Gasteiger partial charge on any atom is 0.237 e. The van der Waals surface area contributed by atoms with Gasteiger partial charge in [-0.05, 0) is 50.5 Å². The van der Waals surface area contributed by atoms with Crippen molar-refractivity contribution in [1.29, 1.82) is 0 Å². The van der Waals surface area contributed by atoms with Crippen molar-refractivity contribution in [2.75, 3.05) is 7.11 Å². The molecule has 0 fully saturated rings. The minimum absolute atomic E-state index is 0.0294. The number of nitrogens with two attached hydrogens (primary N) is 1. The van der Waals surface area contributed by atoms with Gasteiger partial charge in [0.2, 0.25) is 5.91 Å². The number of thiazole rings is 1. The van der Waals surface area contributed by atoms with Crippen molar-refractivity contribution in [3.8, 4) is 16.3 Å². The molecule has 0 saturated carbocycles. The zero-order valence-corrected chi connectivity index (χ0v) is 14.2. The molecule has 0 radical (unpaired) electrons. The zero-order valence-electron chi connectivity index (χ0n) is 13.3. The van der Waals surface area contributed by atoms with Crippen molar-refractivity contribution in [3.05, 3.63) is 34.8 Å². The van der Waals surface area contributed by atoms with Crippen molar-refractivity contribution in [2.24, 2.45) is 5.73 Å². The van der Waals surface area contributed by atoms with Crippen LogP contribution >= 0.6 is 11.3 Å². The fourth-order valence-corrected chi connectivity index (χ4v) is 3.92. The number of benzene rings is 1. The summed E-state index contributed by atoms with van der Waals surface area (Å²) in [7, 11) is 1.66. The van der Waals surface area contributed by atoms with Gasteiger partial charge in [0.25, 0.3) is 0 Å². The molecular formula is C17H21N3O2S. The normalized spacial score (nSPS) is 18.1. The molecule has 23 heavy (non-hydrogen) atoms. The van der Waals surface area contributed by atoms with Crippen LogP contribution < -0.4 is 15.8 Å². The zero-order chi connectivity index (χ0) is 16.4. The van der Waals surface area contributed by atoms with E-state index in [0.29, 0.717) is 0 Å². The molecule has 2 atom stereocenters. The number of carbonyl (C=O) groups excluding carboxylic acids is 1. The highest BCUT2D eigenvalue weighted by molar-refractivity contribution is 7.15. The molecule has 3 N–H and O–H groups in total. The summed E-state index contributed by atoms with van der Waals surface area (Å²) >= 11 is 1.66. The fraction of sp³-hybridized carbons (Fsp3) is 0.412. The van der Waals surface area contributed by atoms with Gasteiger partial charge in [0, 0.05) is 5.56 Å². The minimum Gasteiger partial charge on any atom is -0.497 e. The summed E-state index contributed by atoms with van der Waals surface area (Å²) < 4.78 is 5.19. The van der Waals surface area contributed by atoms with E-state index in [2.05, 4.69) is 5.32 Å². The van der Waals surface area contributed by atoms with E-state index < -0.39 is 6.04 Å². The Kier molecular flexibility index (Phi) is 4.63. The standard InChI is InChI=1S/C17H21N3O2S/c1-10(18)16(21)19-13-4-3-5-14-15(13)23-17(20-14)11-6-8-12(22-2)9-7-11/h6-10,13H,3-5,18H2,1-2H3,(H,19,21)/t10-,13?/m1/s1. The summed E-state index contributed by atoms with van der Waals surface area (Å²) in [6.07, 6.45) is 2.94. The summed E-state index contributed by atoms with van der Waals surface area (Å²) in [6.45, 7) is 1.70. The Labute approximate surface area is 139 Å².